The van der Waals surface area contributed by atoms with Crippen molar-refractivity contribution in [2.24, 2.45) is 5.73 Å². The zero-order chi connectivity index (χ0) is 21.2. The maximum atomic E-state index is 12.3. The molecule has 3 aromatic heterocycles. The molecule has 5 heterocycles. The Bertz CT molecular complexity index is 1070. The molecule has 0 saturated carbocycles. The lowest BCUT2D eigenvalue weighted by Crippen LogP contribution is -2.45. The summed E-state index contributed by atoms with van der Waals surface area (Å²) in [6.45, 7) is 5.44. The standard InChI is InChI=1S/C22H26N8O/c23-21(31)30-19(3-4-20(30)28-11-7-24-8-12-28)16-5-6-25-18(13-16)17-14-26-22(27-15-17)29-9-1-2-10-29/h3-6,13-15,24H,1-2,7-12H2,(H2,23,31). The van der Waals surface area contributed by atoms with Crippen LogP contribution in [0, 0.1) is 0 Å². The highest BCUT2D eigenvalue weighted by Gasteiger charge is 2.21. The molecule has 0 atom stereocenters. The average Bonchev–Trinajstić information content (AvgIpc) is 3.50. The molecule has 0 spiro atoms. The Labute approximate surface area is 180 Å². The van der Waals surface area contributed by atoms with Crippen LogP contribution in [0.25, 0.3) is 22.5 Å². The summed E-state index contributed by atoms with van der Waals surface area (Å²) in [6, 6.07) is 7.24. The molecule has 0 aromatic carbocycles. The largest absolute Gasteiger partial charge is 0.355 e. The number of nitrogens with zero attached hydrogens (tertiary/aromatic N) is 6. The first-order valence-corrected chi connectivity index (χ1v) is 10.7. The van der Waals surface area contributed by atoms with Crippen molar-refractivity contribution in [3.63, 3.8) is 0 Å². The first-order valence-electron chi connectivity index (χ1n) is 10.7. The lowest BCUT2D eigenvalue weighted by molar-refractivity contribution is 0.251. The second-order valence-corrected chi connectivity index (χ2v) is 7.88. The first-order chi connectivity index (χ1) is 15.2. The van der Waals surface area contributed by atoms with E-state index in [1.165, 1.54) is 12.8 Å². The minimum absolute atomic E-state index is 0.495. The summed E-state index contributed by atoms with van der Waals surface area (Å²) < 4.78 is 1.58. The molecule has 3 aromatic rings. The number of amides is 1. The van der Waals surface area contributed by atoms with Gasteiger partial charge in [0, 0.05) is 69.0 Å². The number of carbonyl (C=O) groups is 1. The van der Waals surface area contributed by atoms with Crippen LogP contribution in [0.1, 0.15) is 12.8 Å². The fourth-order valence-corrected chi connectivity index (χ4v) is 4.31. The minimum Gasteiger partial charge on any atom is -0.355 e. The normalized spacial score (nSPS) is 16.6. The Morgan fingerprint density at radius 1 is 0.903 bits per heavy atom. The van der Waals surface area contributed by atoms with Gasteiger partial charge in [-0.25, -0.2) is 19.3 Å². The van der Waals surface area contributed by atoms with E-state index in [1.807, 2.05) is 36.7 Å². The topological polar surface area (TPSA) is 105 Å². The molecule has 2 aliphatic heterocycles. The summed E-state index contributed by atoms with van der Waals surface area (Å²) in [4.78, 5) is 30.3. The van der Waals surface area contributed by atoms with Crippen molar-refractivity contribution in [2.45, 2.75) is 12.8 Å². The van der Waals surface area contributed by atoms with E-state index in [9.17, 15) is 4.79 Å². The zero-order valence-electron chi connectivity index (χ0n) is 17.4. The summed E-state index contributed by atoms with van der Waals surface area (Å²) in [5.74, 6) is 1.58. The van der Waals surface area contributed by atoms with Gasteiger partial charge < -0.3 is 20.9 Å². The number of aromatic nitrogens is 4. The van der Waals surface area contributed by atoms with Crippen molar-refractivity contribution in [3.8, 4) is 22.5 Å². The smallest absolute Gasteiger partial charge is 0.325 e. The summed E-state index contributed by atoms with van der Waals surface area (Å²) >= 11 is 0. The first kappa shape index (κ1) is 19.5. The third-order valence-corrected chi connectivity index (χ3v) is 5.90. The summed E-state index contributed by atoms with van der Waals surface area (Å²) in [7, 11) is 0. The van der Waals surface area contributed by atoms with Crippen LogP contribution in [0.3, 0.4) is 0 Å². The Kier molecular flexibility index (Phi) is 5.25. The maximum Gasteiger partial charge on any atom is 0.325 e. The number of piperazine rings is 1. The Balaban J connectivity index is 1.46. The minimum atomic E-state index is -0.495. The number of carbonyl (C=O) groups excluding carboxylic acids is 1. The van der Waals surface area contributed by atoms with Gasteiger partial charge in [-0.1, -0.05) is 0 Å². The van der Waals surface area contributed by atoms with Gasteiger partial charge in [0.05, 0.1) is 11.4 Å². The van der Waals surface area contributed by atoms with Gasteiger partial charge in [0.2, 0.25) is 5.95 Å². The molecule has 0 unspecified atom stereocenters. The number of anilines is 2. The monoisotopic (exact) mass is 418 g/mol. The molecule has 3 N–H and O–H groups in total. The van der Waals surface area contributed by atoms with Crippen molar-refractivity contribution in [3.05, 3.63) is 42.9 Å². The number of rotatable bonds is 4. The van der Waals surface area contributed by atoms with Gasteiger partial charge in [-0.3, -0.25) is 4.98 Å². The zero-order valence-corrected chi connectivity index (χ0v) is 17.4. The molecule has 2 aliphatic rings. The average molecular weight is 419 g/mol. The maximum absolute atomic E-state index is 12.3. The SMILES string of the molecule is NC(=O)n1c(-c2ccnc(-c3cnc(N4CCCC4)nc3)c2)ccc1N1CCNCC1. The quantitative estimate of drug-likeness (QED) is 0.667. The highest BCUT2D eigenvalue weighted by Crippen LogP contribution is 2.30. The fraction of sp³-hybridized carbons (Fsp3) is 0.364. The predicted octanol–water partition coefficient (Wildman–Crippen LogP) is 1.94. The lowest BCUT2D eigenvalue weighted by atomic mass is 10.1. The highest BCUT2D eigenvalue weighted by molar-refractivity contribution is 5.86. The Morgan fingerprint density at radius 3 is 2.35 bits per heavy atom. The van der Waals surface area contributed by atoms with Crippen molar-refractivity contribution < 1.29 is 4.79 Å². The van der Waals surface area contributed by atoms with Crippen LogP contribution in [0.2, 0.25) is 0 Å². The van der Waals surface area contributed by atoms with Gasteiger partial charge in [-0.05, 0) is 37.1 Å². The van der Waals surface area contributed by atoms with Crippen LogP contribution in [-0.4, -0.2) is 64.8 Å². The second kappa shape index (κ2) is 8.35. The Morgan fingerprint density at radius 2 is 1.65 bits per heavy atom. The second-order valence-electron chi connectivity index (χ2n) is 7.88. The van der Waals surface area contributed by atoms with Crippen LogP contribution in [0.15, 0.2) is 42.9 Å². The molecular formula is C22H26N8O. The highest BCUT2D eigenvalue weighted by atomic mass is 16.2. The van der Waals surface area contributed by atoms with Crippen LogP contribution in [-0.2, 0) is 0 Å². The molecule has 0 bridgehead atoms. The van der Waals surface area contributed by atoms with Crippen LogP contribution in [0.4, 0.5) is 16.6 Å². The molecule has 9 nitrogen and oxygen atoms in total. The number of nitrogens with two attached hydrogens (primary N) is 1. The van der Waals surface area contributed by atoms with Gasteiger partial charge >= 0.3 is 6.03 Å². The number of hydrogen-bond acceptors (Lipinski definition) is 7. The summed E-state index contributed by atoms with van der Waals surface area (Å²) in [5, 5.41) is 3.33. The van der Waals surface area contributed by atoms with E-state index in [-0.39, 0.29) is 0 Å². The van der Waals surface area contributed by atoms with Gasteiger partial charge in [-0.15, -0.1) is 0 Å². The number of pyridine rings is 1. The van der Waals surface area contributed by atoms with Crippen LogP contribution >= 0.6 is 0 Å². The number of nitrogens with one attached hydrogen (secondary N) is 1. The van der Waals surface area contributed by atoms with Crippen molar-refractivity contribution >= 4 is 17.8 Å². The van der Waals surface area contributed by atoms with Gasteiger partial charge in [0.1, 0.15) is 5.82 Å². The third kappa shape index (κ3) is 3.84. The van der Waals surface area contributed by atoms with Crippen molar-refractivity contribution in [1.29, 1.82) is 0 Å². The number of hydrogen-bond donors (Lipinski definition) is 2. The van der Waals surface area contributed by atoms with E-state index in [0.29, 0.717) is 0 Å². The van der Waals surface area contributed by atoms with E-state index in [1.54, 1.807) is 10.8 Å². The summed E-state index contributed by atoms with van der Waals surface area (Å²) in [6.07, 6.45) is 7.73. The fourth-order valence-electron chi connectivity index (χ4n) is 4.31. The third-order valence-electron chi connectivity index (χ3n) is 5.90. The molecular weight excluding hydrogens is 392 g/mol. The van der Waals surface area contributed by atoms with Crippen molar-refractivity contribution in [2.75, 3.05) is 49.1 Å². The van der Waals surface area contributed by atoms with E-state index < -0.39 is 6.03 Å². The van der Waals surface area contributed by atoms with E-state index in [0.717, 1.165) is 73.5 Å². The van der Waals surface area contributed by atoms with Crippen molar-refractivity contribution in [1.82, 2.24) is 24.8 Å². The molecule has 31 heavy (non-hydrogen) atoms. The van der Waals surface area contributed by atoms with E-state index >= 15 is 0 Å². The molecule has 0 aliphatic carbocycles. The molecule has 1 amide bonds. The molecule has 160 valence electrons. The molecule has 2 fully saturated rings. The Hall–Kier alpha value is -3.46. The molecule has 5 rings (SSSR count). The molecule has 2 saturated heterocycles. The predicted molar refractivity (Wildman–Crippen MR) is 120 cm³/mol. The van der Waals surface area contributed by atoms with Crippen LogP contribution in [0.5, 0.6) is 0 Å². The van der Waals surface area contributed by atoms with Gasteiger partial charge in [0.15, 0.2) is 0 Å². The van der Waals surface area contributed by atoms with E-state index in [2.05, 4.69) is 30.1 Å². The number of primary amides is 1. The van der Waals surface area contributed by atoms with Gasteiger partial charge in [0.25, 0.3) is 0 Å². The van der Waals surface area contributed by atoms with E-state index in [4.69, 9.17) is 5.73 Å². The summed E-state index contributed by atoms with van der Waals surface area (Å²) in [5.41, 5.74) is 8.98. The van der Waals surface area contributed by atoms with Crippen LogP contribution < -0.4 is 20.9 Å². The lowest BCUT2D eigenvalue weighted by Gasteiger charge is -2.29. The van der Waals surface area contributed by atoms with Gasteiger partial charge in [-0.2, -0.15) is 0 Å². The molecule has 9 heteroatoms. The molecule has 0 radical (unpaired) electrons.